The van der Waals surface area contributed by atoms with E-state index in [2.05, 4.69) is 0 Å². The van der Waals surface area contributed by atoms with E-state index in [4.69, 9.17) is 9.47 Å². The highest BCUT2D eigenvalue weighted by molar-refractivity contribution is 5.69. The molecule has 1 rings (SSSR count). The van der Waals surface area contributed by atoms with Gasteiger partial charge in [0.05, 0.1) is 12.2 Å². The minimum atomic E-state index is -0.101. The van der Waals surface area contributed by atoms with E-state index in [9.17, 15) is 4.79 Å². The molecule has 0 radical (unpaired) electrons. The molecular formula is C11H20O3. The molecule has 1 saturated carbocycles. The van der Waals surface area contributed by atoms with Crippen LogP contribution in [-0.4, -0.2) is 25.3 Å². The fourth-order valence-corrected chi connectivity index (χ4v) is 2.14. The summed E-state index contributed by atoms with van der Waals surface area (Å²) in [5, 5.41) is 0. The lowest BCUT2D eigenvalue weighted by Crippen LogP contribution is -2.28. The third-order valence-electron chi connectivity index (χ3n) is 3.04. The van der Waals surface area contributed by atoms with Crippen LogP contribution in [0.25, 0.3) is 0 Å². The number of hydrogen-bond acceptors (Lipinski definition) is 3. The SMILES string of the molecule is CCOC(=O)CCC1(OC)CCCC1. The van der Waals surface area contributed by atoms with E-state index in [1.165, 1.54) is 12.8 Å². The van der Waals surface area contributed by atoms with Crippen LogP contribution in [0.4, 0.5) is 0 Å². The molecule has 0 saturated heterocycles. The van der Waals surface area contributed by atoms with Crippen molar-refractivity contribution < 1.29 is 14.3 Å². The molecule has 1 aliphatic rings. The molecule has 14 heavy (non-hydrogen) atoms. The van der Waals surface area contributed by atoms with Gasteiger partial charge in [-0.05, 0) is 26.2 Å². The molecule has 1 fully saturated rings. The maximum atomic E-state index is 11.2. The molecule has 0 unspecified atom stereocenters. The zero-order valence-electron chi connectivity index (χ0n) is 9.17. The molecule has 3 nitrogen and oxygen atoms in total. The predicted octanol–water partition coefficient (Wildman–Crippen LogP) is 2.29. The molecule has 0 bridgehead atoms. The van der Waals surface area contributed by atoms with E-state index >= 15 is 0 Å². The van der Waals surface area contributed by atoms with Gasteiger partial charge in [-0.2, -0.15) is 0 Å². The second kappa shape index (κ2) is 5.35. The molecule has 0 aromatic rings. The minimum absolute atomic E-state index is 0.0350. The standard InChI is InChI=1S/C11H20O3/c1-3-14-10(12)6-9-11(13-2)7-4-5-8-11/h3-9H2,1-2H3. The van der Waals surface area contributed by atoms with Gasteiger partial charge in [0.2, 0.25) is 0 Å². The molecule has 0 aliphatic heterocycles. The fraction of sp³-hybridized carbons (Fsp3) is 0.909. The molecule has 82 valence electrons. The Labute approximate surface area is 85.8 Å². The monoisotopic (exact) mass is 200 g/mol. The Kier molecular flexibility index (Phi) is 4.39. The molecule has 0 heterocycles. The van der Waals surface area contributed by atoms with Crippen molar-refractivity contribution in [3.8, 4) is 0 Å². The predicted molar refractivity (Wildman–Crippen MR) is 54.1 cm³/mol. The molecule has 0 N–H and O–H groups in total. The van der Waals surface area contributed by atoms with Gasteiger partial charge in [-0.3, -0.25) is 4.79 Å². The van der Waals surface area contributed by atoms with Crippen LogP contribution in [-0.2, 0) is 14.3 Å². The molecule has 1 aliphatic carbocycles. The lowest BCUT2D eigenvalue weighted by Gasteiger charge is -2.26. The number of ether oxygens (including phenoxy) is 2. The molecule has 0 spiro atoms. The smallest absolute Gasteiger partial charge is 0.305 e. The maximum absolute atomic E-state index is 11.2. The summed E-state index contributed by atoms with van der Waals surface area (Å²) >= 11 is 0. The average Bonchev–Trinajstić information content (AvgIpc) is 2.65. The summed E-state index contributed by atoms with van der Waals surface area (Å²) in [6.45, 7) is 2.30. The Morgan fingerprint density at radius 3 is 2.50 bits per heavy atom. The van der Waals surface area contributed by atoms with Crippen molar-refractivity contribution in [1.29, 1.82) is 0 Å². The number of rotatable bonds is 5. The average molecular weight is 200 g/mol. The lowest BCUT2D eigenvalue weighted by molar-refractivity contribution is -0.144. The molecule has 0 aromatic heterocycles. The first kappa shape index (κ1) is 11.5. The van der Waals surface area contributed by atoms with Crippen molar-refractivity contribution in [3.63, 3.8) is 0 Å². The molecule has 0 aromatic carbocycles. The van der Waals surface area contributed by atoms with Crippen molar-refractivity contribution >= 4 is 5.97 Å². The van der Waals surface area contributed by atoms with Gasteiger partial charge < -0.3 is 9.47 Å². The van der Waals surface area contributed by atoms with Crippen molar-refractivity contribution in [3.05, 3.63) is 0 Å². The summed E-state index contributed by atoms with van der Waals surface area (Å²) < 4.78 is 10.4. The van der Waals surface area contributed by atoms with E-state index in [0.717, 1.165) is 19.3 Å². The van der Waals surface area contributed by atoms with Crippen LogP contribution in [0.15, 0.2) is 0 Å². The highest BCUT2D eigenvalue weighted by Gasteiger charge is 2.33. The van der Waals surface area contributed by atoms with Crippen LogP contribution >= 0.6 is 0 Å². The topological polar surface area (TPSA) is 35.5 Å². The van der Waals surface area contributed by atoms with Gasteiger partial charge in [-0.1, -0.05) is 12.8 Å². The third kappa shape index (κ3) is 2.98. The third-order valence-corrected chi connectivity index (χ3v) is 3.04. The van der Waals surface area contributed by atoms with Gasteiger partial charge in [-0.15, -0.1) is 0 Å². The van der Waals surface area contributed by atoms with E-state index in [1.807, 2.05) is 6.92 Å². The fourth-order valence-electron chi connectivity index (χ4n) is 2.14. The Balaban J connectivity index is 2.30. The maximum Gasteiger partial charge on any atom is 0.305 e. The van der Waals surface area contributed by atoms with Gasteiger partial charge >= 0.3 is 5.97 Å². The first-order chi connectivity index (χ1) is 6.72. The highest BCUT2D eigenvalue weighted by atomic mass is 16.5. The summed E-state index contributed by atoms with van der Waals surface area (Å²) in [5.74, 6) is -0.101. The number of carbonyl (C=O) groups excluding carboxylic acids is 1. The number of esters is 1. The second-order valence-corrected chi connectivity index (χ2v) is 3.90. The van der Waals surface area contributed by atoms with Crippen LogP contribution in [0.2, 0.25) is 0 Å². The molecule has 0 amide bonds. The Morgan fingerprint density at radius 1 is 1.36 bits per heavy atom. The summed E-state index contributed by atoms with van der Waals surface area (Å²) in [7, 11) is 1.75. The number of methoxy groups -OCH3 is 1. The quantitative estimate of drug-likeness (QED) is 0.639. The zero-order chi connectivity index (χ0) is 10.4. The molecular weight excluding hydrogens is 180 g/mol. The van der Waals surface area contributed by atoms with E-state index in [1.54, 1.807) is 7.11 Å². The van der Waals surface area contributed by atoms with E-state index < -0.39 is 0 Å². The van der Waals surface area contributed by atoms with Crippen LogP contribution in [0.1, 0.15) is 45.4 Å². The van der Waals surface area contributed by atoms with Crippen molar-refractivity contribution in [2.45, 2.75) is 51.0 Å². The van der Waals surface area contributed by atoms with E-state index in [-0.39, 0.29) is 11.6 Å². The highest BCUT2D eigenvalue weighted by Crippen LogP contribution is 2.36. The van der Waals surface area contributed by atoms with Gasteiger partial charge in [-0.25, -0.2) is 0 Å². The summed E-state index contributed by atoms with van der Waals surface area (Å²) in [4.78, 5) is 11.2. The molecule has 3 heteroatoms. The number of carbonyl (C=O) groups is 1. The van der Waals surface area contributed by atoms with Crippen molar-refractivity contribution in [2.24, 2.45) is 0 Å². The molecule has 0 atom stereocenters. The van der Waals surface area contributed by atoms with Crippen molar-refractivity contribution in [1.82, 2.24) is 0 Å². The number of hydrogen-bond donors (Lipinski definition) is 0. The zero-order valence-corrected chi connectivity index (χ0v) is 9.17. The summed E-state index contributed by atoms with van der Waals surface area (Å²) in [6, 6.07) is 0. The Morgan fingerprint density at radius 2 is 2.00 bits per heavy atom. The van der Waals surface area contributed by atoms with Crippen LogP contribution in [0, 0.1) is 0 Å². The lowest BCUT2D eigenvalue weighted by atomic mass is 9.96. The largest absolute Gasteiger partial charge is 0.466 e. The summed E-state index contributed by atoms with van der Waals surface area (Å²) in [6.07, 6.45) is 5.91. The van der Waals surface area contributed by atoms with Gasteiger partial charge in [0.25, 0.3) is 0 Å². The second-order valence-electron chi connectivity index (χ2n) is 3.90. The Bertz CT molecular complexity index is 183. The first-order valence-electron chi connectivity index (χ1n) is 5.43. The summed E-state index contributed by atoms with van der Waals surface area (Å²) in [5.41, 5.74) is -0.0350. The van der Waals surface area contributed by atoms with Gasteiger partial charge in [0.1, 0.15) is 0 Å². The van der Waals surface area contributed by atoms with Crippen molar-refractivity contribution in [2.75, 3.05) is 13.7 Å². The van der Waals surface area contributed by atoms with Crippen LogP contribution in [0.3, 0.4) is 0 Å². The van der Waals surface area contributed by atoms with Gasteiger partial charge in [0, 0.05) is 13.5 Å². The van der Waals surface area contributed by atoms with Gasteiger partial charge in [0.15, 0.2) is 0 Å². The van der Waals surface area contributed by atoms with Crippen LogP contribution < -0.4 is 0 Å². The first-order valence-corrected chi connectivity index (χ1v) is 5.43. The normalized spacial score (nSPS) is 19.6. The van der Waals surface area contributed by atoms with E-state index in [0.29, 0.717) is 13.0 Å². The van der Waals surface area contributed by atoms with Crippen LogP contribution in [0.5, 0.6) is 0 Å². The Hall–Kier alpha value is -0.570. The minimum Gasteiger partial charge on any atom is -0.466 e.